The van der Waals surface area contributed by atoms with Crippen LogP contribution in [0.25, 0.3) is 11.0 Å². The molecule has 0 bridgehead atoms. The third-order valence-corrected chi connectivity index (χ3v) is 5.06. The van der Waals surface area contributed by atoms with E-state index in [0.717, 1.165) is 11.3 Å². The van der Waals surface area contributed by atoms with Crippen LogP contribution >= 0.6 is 0 Å². The molecular formula is C20H22N6O3. The Morgan fingerprint density at radius 1 is 1.28 bits per heavy atom. The van der Waals surface area contributed by atoms with E-state index in [1.807, 2.05) is 41.3 Å². The summed E-state index contributed by atoms with van der Waals surface area (Å²) in [6.07, 6.45) is 1.84. The molecule has 0 saturated carbocycles. The van der Waals surface area contributed by atoms with Crippen LogP contribution in [0.2, 0.25) is 0 Å². The van der Waals surface area contributed by atoms with Gasteiger partial charge in [0.05, 0.1) is 18.2 Å². The van der Waals surface area contributed by atoms with E-state index < -0.39 is 6.04 Å². The fourth-order valence-corrected chi connectivity index (χ4v) is 3.48. The zero-order valence-electron chi connectivity index (χ0n) is 16.1. The normalized spacial score (nSPS) is 17.3. The van der Waals surface area contributed by atoms with Crippen LogP contribution in [0.4, 0.5) is 0 Å². The first kappa shape index (κ1) is 19.0. The molecule has 29 heavy (non-hydrogen) atoms. The standard InChI is InChI=1S/C20H22N6O3/c1-25(12-14-5-6-16-17(10-14)24-29-23-16)19(27)11-18-20(28)22-8-9-26(18)13-15-4-2-3-7-21-15/h2-7,10,18H,8-9,11-13H2,1H3,(H,22,28)/t18-/m0/s1. The summed E-state index contributed by atoms with van der Waals surface area (Å²) in [6.45, 7) is 2.19. The van der Waals surface area contributed by atoms with Gasteiger partial charge in [0.1, 0.15) is 11.0 Å². The maximum absolute atomic E-state index is 12.8. The van der Waals surface area contributed by atoms with Gasteiger partial charge in [-0.25, -0.2) is 4.63 Å². The molecule has 0 aliphatic carbocycles. The molecule has 150 valence electrons. The van der Waals surface area contributed by atoms with Crippen LogP contribution in [-0.2, 0) is 22.7 Å². The Kier molecular flexibility index (Phi) is 5.48. The molecule has 9 nitrogen and oxygen atoms in total. The number of amides is 2. The fraction of sp³-hybridized carbons (Fsp3) is 0.350. The Morgan fingerprint density at radius 3 is 2.97 bits per heavy atom. The number of fused-ring (bicyclic) bond motifs is 1. The number of nitrogens with one attached hydrogen (secondary N) is 1. The lowest BCUT2D eigenvalue weighted by atomic mass is 10.1. The van der Waals surface area contributed by atoms with Crippen molar-refractivity contribution in [3.05, 3.63) is 53.9 Å². The molecule has 9 heteroatoms. The fourth-order valence-electron chi connectivity index (χ4n) is 3.48. The molecule has 0 radical (unpaired) electrons. The van der Waals surface area contributed by atoms with E-state index in [-0.39, 0.29) is 18.2 Å². The van der Waals surface area contributed by atoms with E-state index in [2.05, 4.69) is 20.6 Å². The first-order chi connectivity index (χ1) is 14.1. The van der Waals surface area contributed by atoms with Crippen LogP contribution in [-0.4, -0.2) is 63.1 Å². The van der Waals surface area contributed by atoms with Gasteiger partial charge in [0.15, 0.2) is 0 Å². The van der Waals surface area contributed by atoms with Gasteiger partial charge in [0, 0.05) is 39.4 Å². The SMILES string of the molecule is CN(Cc1ccc2nonc2c1)C(=O)C[C@H]1C(=O)NCCN1Cc1ccccn1. The van der Waals surface area contributed by atoms with Gasteiger partial charge in [-0.05, 0) is 40.1 Å². The first-order valence-electron chi connectivity index (χ1n) is 9.47. The predicted octanol–water partition coefficient (Wildman–Crippen LogP) is 0.967. The lowest BCUT2D eigenvalue weighted by Crippen LogP contribution is -2.56. The van der Waals surface area contributed by atoms with Crippen molar-refractivity contribution in [2.45, 2.75) is 25.6 Å². The van der Waals surface area contributed by atoms with Crippen LogP contribution in [0.3, 0.4) is 0 Å². The third kappa shape index (κ3) is 4.40. The van der Waals surface area contributed by atoms with Crippen molar-refractivity contribution in [2.75, 3.05) is 20.1 Å². The summed E-state index contributed by atoms with van der Waals surface area (Å²) in [4.78, 5) is 33.3. The van der Waals surface area contributed by atoms with Gasteiger partial charge in [-0.3, -0.25) is 19.5 Å². The zero-order valence-corrected chi connectivity index (χ0v) is 16.1. The van der Waals surface area contributed by atoms with Crippen molar-refractivity contribution >= 4 is 22.8 Å². The Balaban J connectivity index is 1.41. The maximum Gasteiger partial charge on any atom is 0.237 e. The number of nitrogens with zero attached hydrogens (tertiary/aromatic N) is 5. The number of carbonyl (C=O) groups excluding carboxylic acids is 2. The lowest BCUT2D eigenvalue weighted by Gasteiger charge is -2.35. The highest BCUT2D eigenvalue weighted by Gasteiger charge is 2.32. The number of pyridine rings is 1. The Labute approximate surface area is 167 Å². The molecule has 1 fully saturated rings. The third-order valence-electron chi connectivity index (χ3n) is 5.06. The first-order valence-corrected chi connectivity index (χ1v) is 9.47. The topological polar surface area (TPSA) is 104 Å². The summed E-state index contributed by atoms with van der Waals surface area (Å²) in [7, 11) is 1.73. The van der Waals surface area contributed by atoms with Gasteiger partial charge in [-0.2, -0.15) is 0 Å². The Hall–Kier alpha value is -3.33. The van der Waals surface area contributed by atoms with Crippen LogP contribution in [0.1, 0.15) is 17.7 Å². The molecule has 1 atom stereocenters. The Morgan fingerprint density at radius 2 is 2.14 bits per heavy atom. The highest BCUT2D eigenvalue weighted by atomic mass is 16.6. The molecule has 1 saturated heterocycles. The number of rotatable bonds is 6. The van der Waals surface area contributed by atoms with Crippen LogP contribution in [0.15, 0.2) is 47.2 Å². The van der Waals surface area contributed by atoms with Crippen LogP contribution < -0.4 is 5.32 Å². The number of aromatic nitrogens is 3. The molecule has 0 unspecified atom stereocenters. The number of benzene rings is 1. The lowest BCUT2D eigenvalue weighted by molar-refractivity contribution is -0.138. The van der Waals surface area contributed by atoms with Gasteiger partial charge >= 0.3 is 0 Å². The highest BCUT2D eigenvalue weighted by Crippen LogP contribution is 2.16. The molecule has 0 spiro atoms. The van der Waals surface area contributed by atoms with Gasteiger partial charge in [0.2, 0.25) is 11.8 Å². The van der Waals surface area contributed by atoms with Gasteiger partial charge < -0.3 is 10.2 Å². The molecule has 1 N–H and O–H groups in total. The van der Waals surface area contributed by atoms with Crippen molar-refractivity contribution in [3.63, 3.8) is 0 Å². The molecule has 1 aromatic carbocycles. The number of hydrogen-bond acceptors (Lipinski definition) is 7. The van der Waals surface area contributed by atoms with Crippen molar-refractivity contribution in [1.82, 2.24) is 30.4 Å². The van der Waals surface area contributed by atoms with Gasteiger partial charge in [0.25, 0.3) is 0 Å². The predicted molar refractivity (Wildman–Crippen MR) is 104 cm³/mol. The summed E-state index contributed by atoms with van der Waals surface area (Å²) in [5.74, 6) is -0.222. The maximum atomic E-state index is 12.8. The largest absolute Gasteiger partial charge is 0.353 e. The quantitative estimate of drug-likeness (QED) is 0.664. The van der Waals surface area contributed by atoms with Crippen LogP contribution in [0.5, 0.6) is 0 Å². The van der Waals surface area contributed by atoms with Crippen molar-refractivity contribution in [3.8, 4) is 0 Å². The second-order valence-electron chi connectivity index (χ2n) is 7.14. The monoisotopic (exact) mass is 394 g/mol. The van der Waals surface area contributed by atoms with Crippen molar-refractivity contribution < 1.29 is 14.2 Å². The average Bonchev–Trinajstić information content (AvgIpc) is 3.19. The van der Waals surface area contributed by atoms with E-state index in [9.17, 15) is 9.59 Å². The highest BCUT2D eigenvalue weighted by molar-refractivity contribution is 5.88. The minimum absolute atomic E-state index is 0.101. The molecule has 1 aliphatic heterocycles. The van der Waals surface area contributed by atoms with Gasteiger partial charge in [-0.1, -0.05) is 12.1 Å². The summed E-state index contributed by atoms with van der Waals surface area (Å²) in [6, 6.07) is 10.7. The second kappa shape index (κ2) is 8.36. The van der Waals surface area contributed by atoms with E-state index in [4.69, 9.17) is 4.63 Å². The van der Waals surface area contributed by atoms with E-state index in [1.165, 1.54) is 0 Å². The second-order valence-corrected chi connectivity index (χ2v) is 7.14. The Bertz CT molecular complexity index is 1010. The molecule has 3 aromatic rings. The average molecular weight is 394 g/mol. The van der Waals surface area contributed by atoms with E-state index >= 15 is 0 Å². The summed E-state index contributed by atoms with van der Waals surface area (Å²) >= 11 is 0. The number of carbonyl (C=O) groups is 2. The van der Waals surface area contributed by atoms with Crippen LogP contribution in [0, 0.1) is 0 Å². The van der Waals surface area contributed by atoms with E-state index in [1.54, 1.807) is 18.1 Å². The molecular weight excluding hydrogens is 372 g/mol. The summed E-state index contributed by atoms with van der Waals surface area (Å²) < 4.78 is 4.71. The van der Waals surface area contributed by atoms with Crippen molar-refractivity contribution in [1.29, 1.82) is 0 Å². The summed E-state index contributed by atoms with van der Waals surface area (Å²) in [5, 5.41) is 10.5. The smallest absolute Gasteiger partial charge is 0.237 e. The minimum Gasteiger partial charge on any atom is -0.353 e. The molecule has 2 aromatic heterocycles. The van der Waals surface area contributed by atoms with E-state index in [0.29, 0.717) is 37.2 Å². The summed E-state index contributed by atoms with van der Waals surface area (Å²) in [5.41, 5.74) is 3.12. The molecule has 4 rings (SSSR count). The molecule has 3 heterocycles. The molecule has 2 amide bonds. The molecule has 1 aliphatic rings. The van der Waals surface area contributed by atoms with Crippen molar-refractivity contribution in [2.24, 2.45) is 0 Å². The number of piperazine rings is 1. The number of hydrogen-bond donors (Lipinski definition) is 1. The minimum atomic E-state index is -0.511. The van der Waals surface area contributed by atoms with Gasteiger partial charge in [-0.15, -0.1) is 0 Å². The zero-order chi connectivity index (χ0) is 20.2.